The highest BCUT2D eigenvalue weighted by Crippen LogP contribution is 1.86. The molecule has 0 aromatic carbocycles. The fraction of sp³-hybridized carbons (Fsp3) is 0.333. The largest absolute Gasteiger partial charge is 0.382 e. The average molecular weight is 154 g/mol. The highest BCUT2D eigenvalue weighted by Gasteiger charge is 2.01. The van der Waals surface area contributed by atoms with Crippen molar-refractivity contribution in [3.05, 3.63) is 22.1 Å². The van der Waals surface area contributed by atoms with Crippen molar-refractivity contribution in [3.63, 3.8) is 0 Å². The first-order valence-electron chi connectivity index (χ1n) is 3.29. The minimum atomic E-state index is -0.155. The van der Waals surface area contributed by atoms with Crippen LogP contribution in [0.3, 0.4) is 0 Å². The molecule has 0 amide bonds. The van der Waals surface area contributed by atoms with E-state index in [1.807, 2.05) is 6.92 Å². The Balaban J connectivity index is 3.15. The third kappa shape index (κ3) is 1.31. The fourth-order valence-corrected chi connectivity index (χ4v) is 0.807. The lowest BCUT2D eigenvalue weighted by Gasteiger charge is -1.93. The van der Waals surface area contributed by atoms with Gasteiger partial charge in [-0.3, -0.25) is 20.0 Å². The number of aryl methyl sites for hydroxylation is 1. The van der Waals surface area contributed by atoms with Gasteiger partial charge in [-0.1, -0.05) is 0 Å². The summed E-state index contributed by atoms with van der Waals surface area (Å²) in [6.07, 6.45) is 0. The predicted molar refractivity (Wildman–Crippen MR) is 41.7 cm³/mol. The Hall–Kier alpha value is -1.52. The van der Waals surface area contributed by atoms with E-state index in [4.69, 9.17) is 11.1 Å². The molecular weight excluding hydrogens is 144 g/mol. The van der Waals surface area contributed by atoms with Crippen LogP contribution in [0, 0.1) is 5.41 Å². The molecule has 0 radical (unpaired) electrons. The topological polar surface area (TPSA) is 87.7 Å². The summed E-state index contributed by atoms with van der Waals surface area (Å²) in [6, 6.07) is 1.31. The normalized spacial score (nSPS) is 9.91. The zero-order valence-corrected chi connectivity index (χ0v) is 6.22. The Bertz CT molecular complexity index is 322. The van der Waals surface area contributed by atoms with Crippen LogP contribution in [-0.2, 0) is 6.54 Å². The second-order valence-corrected chi connectivity index (χ2v) is 2.17. The molecule has 0 fully saturated rings. The first kappa shape index (κ1) is 7.59. The average Bonchev–Trinajstić information content (AvgIpc) is 2.31. The summed E-state index contributed by atoms with van der Waals surface area (Å²) in [5.41, 5.74) is 5.37. The van der Waals surface area contributed by atoms with E-state index in [0.717, 1.165) is 0 Å². The van der Waals surface area contributed by atoms with Gasteiger partial charge in [-0.15, -0.1) is 0 Å². The molecule has 0 bridgehead atoms. The number of aromatic nitrogens is 2. The summed E-state index contributed by atoms with van der Waals surface area (Å²) in [4.78, 5) is 11.0. The quantitative estimate of drug-likeness (QED) is 0.395. The molecule has 0 aliphatic heterocycles. The molecular formula is C6H10N4O. The Morgan fingerprint density at radius 2 is 2.55 bits per heavy atom. The number of nitrogens with zero attached hydrogens (tertiary/aromatic N) is 1. The molecule has 0 aliphatic rings. The second kappa shape index (κ2) is 2.61. The maximum absolute atomic E-state index is 11.0. The van der Waals surface area contributed by atoms with Gasteiger partial charge in [-0.05, 0) is 6.92 Å². The van der Waals surface area contributed by atoms with Crippen LogP contribution >= 0.6 is 0 Å². The summed E-state index contributed by atoms with van der Waals surface area (Å²) in [7, 11) is 0. The van der Waals surface area contributed by atoms with E-state index in [1.54, 1.807) is 0 Å². The second-order valence-electron chi connectivity index (χ2n) is 2.17. The SMILES string of the molecule is CCn1[nH]c(C(=N)N)cc1=O. The van der Waals surface area contributed by atoms with Crippen LogP contribution in [0.5, 0.6) is 0 Å². The zero-order valence-electron chi connectivity index (χ0n) is 6.22. The Morgan fingerprint density at radius 1 is 1.91 bits per heavy atom. The summed E-state index contributed by atoms with van der Waals surface area (Å²) < 4.78 is 1.39. The van der Waals surface area contributed by atoms with E-state index in [2.05, 4.69) is 5.10 Å². The van der Waals surface area contributed by atoms with Crippen molar-refractivity contribution in [2.24, 2.45) is 5.73 Å². The lowest BCUT2D eigenvalue weighted by Crippen LogP contribution is -2.14. The molecule has 0 saturated carbocycles. The summed E-state index contributed by atoms with van der Waals surface area (Å²) >= 11 is 0. The third-order valence-electron chi connectivity index (χ3n) is 1.40. The van der Waals surface area contributed by atoms with Crippen LogP contribution < -0.4 is 11.3 Å². The number of nitrogens with one attached hydrogen (secondary N) is 2. The molecule has 1 aromatic rings. The minimum Gasteiger partial charge on any atom is -0.382 e. The molecule has 5 nitrogen and oxygen atoms in total. The zero-order chi connectivity index (χ0) is 8.43. The number of nitrogen functional groups attached to an aromatic ring is 1. The minimum absolute atomic E-state index is 0.116. The molecule has 0 unspecified atom stereocenters. The monoisotopic (exact) mass is 154 g/mol. The van der Waals surface area contributed by atoms with Gasteiger partial charge in [0.2, 0.25) is 0 Å². The van der Waals surface area contributed by atoms with E-state index < -0.39 is 0 Å². The standard InChI is InChI=1S/C6H10N4O/c1-2-10-5(11)3-4(9-10)6(7)8/h3,9H,2H2,1H3,(H3,7,8). The number of H-pyrrole nitrogens is 1. The molecule has 0 aliphatic carbocycles. The van der Waals surface area contributed by atoms with Crippen molar-refractivity contribution in [1.82, 2.24) is 9.78 Å². The molecule has 0 spiro atoms. The maximum atomic E-state index is 11.0. The maximum Gasteiger partial charge on any atom is 0.267 e. The molecule has 5 heteroatoms. The van der Waals surface area contributed by atoms with Crippen LogP contribution in [0.2, 0.25) is 0 Å². The van der Waals surface area contributed by atoms with Gasteiger partial charge < -0.3 is 5.73 Å². The Morgan fingerprint density at radius 3 is 2.82 bits per heavy atom. The number of nitrogens with two attached hydrogens (primary N) is 1. The van der Waals surface area contributed by atoms with Crippen molar-refractivity contribution < 1.29 is 0 Å². The van der Waals surface area contributed by atoms with E-state index >= 15 is 0 Å². The van der Waals surface area contributed by atoms with Crippen LogP contribution in [0.4, 0.5) is 0 Å². The van der Waals surface area contributed by atoms with Gasteiger partial charge >= 0.3 is 0 Å². The van der Waals surface area contributed by atoms with Crippen LogP contribution in [0.25, 0.3) is 0 Å². The van der Waals surface area contributed by atoms with E-state index in [-0.39, 0.29) is 11.4 Å². The van der Waals surface area contributed by atoms with Crippen LogP contribution in [0.1, 0.15) is 12.6 Å². The van der Waals surface area contributed by atoms with E-state index in [9.17, 15) is 4.79 Å². The van der Waals surface area contributed by atoms with Gasteiger partial charge in [-0.2, -0.15) is 0 Å². The van der Waals surface area contributed by atoms with Crippen molar-refractivity contribution in [2.45, 2.75) is 13.5 Å². The van der Waals surface area contributed by atoms with Crippen molar-refractivity contribution in [3.8, 4) is 0 Å². The van der Waals surface area contributed by atoms with Gasteiger partial charge in [0, 0.05) is 12.6 Å². The summed E-state index contributed by atoms with van der Waals surface area (Å²) in [5.74, 6) is -0.116. The van der Waals surface area contributed by atoms with Crippen LogP contribution in [-0.4, -0.2) is 15.6 Å². The van der Waals surface area contributed by atoms with E-state index in [1.165, 1.54) is 10.7 Å². The number of hydrogen-bond donors (Lipinski definition) is 3. The van der Waals surface area contributed by atoms with Gasteiger partial charge in [-0.25, -0.2) is 0 Å². The molecule has 1 rings (SSSR count). The van der Waals surface area contributed by atoms with Crippen molar-refractivity contribution >= 4 is 5.84 Å². The summed E-state index contributed by atoms with van der Waals surface area (Å²) in [5, 5.41) is 9.70. The van der Waals surface area contributed by atoms with Gasteiger partial charge in [0.05, 0.1) is 0 Å². The molecule has 0 atom stereocenters. The van der Waals surface area contributed by atoms with Gasteiger partial charge in [0.25, 0.3) is 5.56 Å². The number of aromatic amines is 1. The summed E-state index contributed by atoms with van der Waals surface area (Å²) in [6.45, 7) is 2.40. The molecule has 0 saturated heterocycles. The van der Waals surface area contributed by atoms with E-state index in [0.29, 0.717) is 12.2 Å². The highest BCUT2D eigenvalue weighted by molar-refractivity contribution is 5.92. The number of amidine groups is 1. The Labute approximate surface area is 63.3 Å². The van der Waals surface area contributed by atoms with Crippen molar-refractivity contribution in [1.29, 1.82) is 5.41 Å². The fourth-order valence-electron chi connectivity index (χ4n) is 0.807. The van der Waals surface area contributed by atoms with Crippen LogP contribution in [0.15, 0.2) is 10.9 Å². The first-order valence-corrected chi connectivity index (χ1v) is 3.29. The van der Waals surface area contributed by atoms with Gasteiger partial charge in [0.1, 0.15) is 11.5 Å². The molecule has 11 heavy (non-hydrogen) atoms. The predicted octanol–water partition coefficient (Wildman–Crippen LogP) is -0.520. The Kier molecular flexibility index (Phi) is 1.80. The number of hydrogen-bond acceptors (Lipinski definition) is 2. The number of rotatable bonds is 2. The lowest BCUT2D eigenvalue weighted by molar-refractivity contribution is 0.636. The molecule has 1 aromatic heterocycles. The molecule has 60 valence electrons. The molecule has 4 N–H and O–H groups in total. The molecule has 1 heterocycles. The lowest BCUT2D eigenvalue weighted by atomic mass is 10.4. The first-order chi connectivity index (χ1) is 5.15. The third-order valence-corrected chi connectivity index (χ3v) is 1.40. The van der Waals surface area contributed by atoms with Gasteiger partial charge in [0.15, 0.2) is 0 Å². The van der Waals surface area contributed by atoms with Crippen molar-refractivity contribution in [2.75, 3.05) is 0 Å². The highest BCUT2D eigenvalue weighted by atomic mass is 16.1. The smallest absolute Gasteiger partial charge is 0.267 e.